The van der Waals surface area contributed by atoms with E-state index in [2.05, 4.69) is 4.99 Å². The SMILES string of the molecule is CC(C)(C)C(N)=NCCS(C)(=O)=O. The van der Waals surface area contributed by atoms with Crippen molar-refractivity contribution < 1.29 is 8.42 Å². The largest absolute Gasteiger partial charge is 0.387 e. The Balaban J connectivity index is 4.16. The minimum atomic E-state index is -2.93. The van der Waals surface area contributed by atoms with Gasteiger partial charge in [-0.3, -0.25) is 4.99 Å². The molecule has 78 valence electrons. The van der Waals surface area contributed by atoms with Crippen LogP contribution in [0.2, 0.25) is 0 Å². The van der Waals surface area contributed by atoms with Gasteiger partial charge in [-0.25, -0.2) is 8.42 Å². The zero-order valence-corrected chi connectivity index (χ0v) is 9.48. The summed E-state index contributed by atoms with van der Waals surface area (Å²) in [5.74, 6) is 0.556. The zero-order chi connectivity index (χ0) is 10.7. The van der Waals surface area contributed by atoms with Crippen molar-refractivity contribution in [2.45, 2.75) is 20.8 Å². The first-order valence-electron chi connectivity index (χ1n) is 4.11. The summed E-state index contributed by atoms with van der Waals surface area (Å²) in [7, 11) is -2.93. The quantitative estimate of drug-likeness (QED) is 0.538. The number of sulfone groups is 1. The highest BCUT2D eigenvalue weighted by atomic mass is 32.2. The van der Waals surface area contributed by atoms with Crippen LogP contribution in [-0.4, -0.2) is 32.8 Å². The maximum absolute atomic E-state index is 10.8. The fraction of sp³-hybridized carbons (Fsp3) is 0.875. The Bertz CT molecular complexity index is 286. The first-order chi connectivity index (χ1) is 5.63. The fourth-order valence-corrected chi connectivity index (χ4v) is 0.992. The third kappa shape index (κ3) is 6.57. The van der Waals surface area contributed by atoms with Crippen LogP contribution < -0.4 is 5.73 Å². The molecule has 0 rings (SSSR count). The highest BCUT2D eigenvalue weighted by molar-refractivity contribution is 7.90. The average molecular weight is 206 g/mol. The molecule has 0 spiro atoms. The van der Waals surface area contributed by atoms with Crippen LogP contribution in [0.1, 0.15) is 20.8 Å². The van der Waals surface area contributed by atoms with Crippen molar-refractivity contribution in [2.75, 3.05) is 18.6 Å². The van der Waals surface area contributed by atoms with Crippen LogP contribution in [0.5, 0.6) is 0 Å². The van der Waals surface area contributed by atoms with E-state index in [0.29, 0.717) is 5.84 Å². The number of hydrogen-bond acceptors (Lipinski definition) is 3. The lowest BCUT2D eigenvalue weighted by Crippen LogP contribution is -2.29. The average Bonchev–Trinajstić information content (AvgIpc) is 1.82. The maximum atomic E-state index is 10.8. The minimum Gasteiger partial charge on any atom is -0.387 e. The Morgan fingerprint density at radius 3 is 2.15 bits per heavy atom. The van der Waals surface area contributed by atoms with Gasteiger partial charge in [0.2, 0.25) is 0 Å². The molecular formula is C8H18N2O2S. The van der Waals surface area contributed by atoms with Gasteiger partial charge in [0.1, 0.15) is 9.84 Å². The molecule has 5 heteroatoms. The monoisotopic (exact) mass is 206 g/mol. The van der Waals surface area contributed by atoms with E-state index in [9.17, 15) is 8.42 Å². The Morgan fingerprint density at radius 1 is 1.38 bits per heavy atom. The third-order valence-corrected chi connectivity index (χ3v) is 2.44. The lowest BCUT2D eigenvalue weighted by molar-refractivity contribution is 0.580. The van der Waals surface area contributed by atoms with E-state index in [1.165, 1.54) is 6.26 Å². The zero-order valence-electron chi connectivity index (χ0n) is 8.66. The van der Waals surface area contributed by atoms with Gasteiger partial charge >= 0.3 is 0 Å². The predicted octanol–water partition coefficient (Wildman–Crippen LogP) is 0.434. The second-order valence-electron chi connectivity index (χ2n) is 4.15. The molecule has 0 saturated heterocycles. The number of aliphatic imine (C=N–C) groups is 1. The fourth-order valence-electron chi connectivity index (χ4n) is 0.569. The minimum absolute atomic E-state index is 0.0593. The van der Waals surface area contributed by atoms with Crippen LogP contribution in [0.25, 0.3) is 0 Å². The van der Waals surface area contributed by atoms with E-state index in [1.807, 2.05) is 20.8 Å². The maximum Gasteiger partial charge on any atom is 0.149 e. The molecule has 0 aliphatic carbocycles. The van der Waals surface area contributed by atoms with E-state index in [1.54, 1.807) is 0 Å². The van der Waals surface area contributed by atoms with E-state index >= 15 is 0 Å². The van der Waals surface area contributed by atoms with Crippen LogP contribution in [0.15, 0.2) is 4.99 Å². The van der Waals surface area contributed by atoms with Gasteiger partial charge in [0.25, 0.3) is 0 Å². The molecule has 4 nitrogen and oxygen atoms in total. The first kappa shape index (κ1) is 12.4. The smallest absolute Gasteiger partial charge is 0.149 e. The van der Waals surface area contributed by atoms with Crippen molar-refractivity contribution in [3.8, 4) is 0 Å². The molecule has 0 aromatic rings. The molecule has 0 radical (unpaired) electrons. The topological polar surface area (TPSA) is 72.5 Å². The molecule has 0 amide bonds. The van der Waals surface area contributed by atoms with Gasteiger partial charge in [-0.1, -0.05) is 20.8 Å². The van der Waals surface area contributed by atoms with Crippen molar-refractivity contribution in [3.63, 3.8) is 0 Å². The van der Waals surface area contributed by atoms with Crippen LogP contribution in [0.4, 0.5) is 0 Å². The summed E-state index contributed by atoms with van der Waals surface area (Å²) in [6, 6.07) is 0. The van der Waals surface area contributed by atoms with Gasteiger partial charge in [0.05, 0.1) is 18.1 Å². The van der Waals surface area contributed by atoms with Crippen LogP contribution in [-0.2, 0) is 9.84 Å². The third-order valence-electron chi connectivity index (χ3n) is 1.51. The Kier molecular flexibility index (Phi) is 3.90. The molecule has 0 aliphatic heterocycles. The van der Waals surface area contributed by atoms with Gasteiger partial charge < -0.3 is 5.73 Å². The van der Waals surface area contributed by atoms with E-state index < -0.39 is 9.84 Å². The lowest BCUT2D eigenvalue weighted by atomic mass is 9.95. The van der Waals surface area contributed by atoms with Crippen molar-refractivity contribution in [3.05, 3.63) is 0 Å². The highest BCUT2D eigenvalue weighted by Gasteiger charge is 2.14. The number of nitrogens with two attached hydrogens (primary N) is 1. The summed E-state index contributed by atoms with van der Waals surface area (Å²) in [4.78, 5) is 4.00. The summed E-state index contributed by atoms with van der Waals surface area (Å²) in [6.07, 6.45) is 1.19. The number of nitrogens with zero attached hydrogens (tertiary/aromatic N) is 1. The van der Waals surface area contributed by atoms with Crippen molar-refractivity contribution in [1.82, 2.24) is 0 Å². The lowest BCUT2D eigenvalue weighted by Gasteiger charge is -2.17. The predicted molar refractivity (Wildman–Crippen MR) is 55.7 cm³/mol. The molecule has 0 aromatic carbocycles. The van der Waals surface area contributed by atoms with Gasteiger partial charge in [0, 0.05) is 11.7 Å². The summed E-state index contributed by atoms with van der Waals surface area (Å²) in [5, 5.41) is 0. The number of rotatable bonds is 3. The molecular weight excluding hydrogens is 188 g/mol. The van der Waals surface area contributed by atoms with Crippen LogP contribution >= 0.6 is 0 Å². The first-order valence-corrected chi connectivity index (χ1v) is 6.17. The molecule has 13 heavy (non-hydrogen) atoms. The molecule has 2 N–H and O–H groups in total. The Hall–Kier alpha value is -0.580. The summed E-state index contributed by atoms with van der Waals surface area (Å²) < 4.78 is 21.5. The highest BCUT2D eigenvalue weighted by Crippen LogP contribution is 2.12. The van der Waals surface area contributed by atoms with Crippen molar-refractivity contribution in [2.24, 2.45) is 16.1 Å². The van der Waals surface area contributed by atoms with E-state index in [4.69, 9.17) is 5.73 Å². The van der Waals surface area contributed by atoms with Crippen molar-refractivity contribution in [1.29, 1.82) is 0 Å². The van der Waals surface area contributed by atoms with Crippen LogP contribution in [0, 0.1) is 5.41 Å². The second-order valence-corrected chi connectivity index (χ2v) is 6.41. The molecule has 0 atom stereocenters. The van der Waals surface area contributed by atoms with Gasteiger partial charge in [-0.2, -0.15) is 0 Å². The van der Waals surface area contributed by atoms with E-state index in [-0.39, 0.29) is 17.7 Å². The normalized spacial score (nSPS) is 14.6. The number of amidine groups is 1. The number of hydrogen-bond donors (Lipinski definition) is 1. The second kappa shape index (κ2) is 4.09. The van der Waals surface area contributed by atoms with Gasteiger partial charge in [0.15, 0.2) is 0 Å². The Morgan fingerprint density at radius 2 is 1.85 bits per heavy atom. The van der Waals surface area contributed by atoms with Gasteiger partial charge in [-0.05, 0) is 0 Å². The van der Waals surface area contributed by atoms with Crippen LogP contribution in [0.3, 0.4) is 0 Å². The molecule has 0 unspecified atom stereocenters. The molecule has 0 aliphatic rings. The van der Waals surface area contributed by atoms with Crippen molar-refractivity contribution >= 4 is 15.7 Å². The Labute approximate surface area is 80.2 Å². The molecule has 0 bridgehead atoms. The molecule has 0 heterocycles. The summed E-state index contributed by atoms with van der Waals surface area (Å²) >= 11 is 0. The van der Waals surface area contributed by atoms with Gasteiger partial charge in [-0.15, -0.1) is 0 Å². The summed E-state index contributed by atoms with van der Waals surface area (Å²) in [5.41, 5.74) is 5.45. The standard InChI is InChI=1S/C8H18N2O2S/c1-8(2,3)7(9)10-5-6-13(4,11)12/h5-6H2,1-4H3,(H2,9,10). The molecule has 0 fully saturated rings. The molecule has 0 saturated carbocycles. The summed E-state index contributed by atoms with van der Waals surface area (Å²) in [6.45, 7) is 6.06. The molecule has 0 aromatic heterocycles. The van der Waals surface area contributed by atoms with E-state index in [0.717, 1.165) is 0 Å².